The molecule has 5 nitrogen and oxygen atoms in total. The molecule has 0 saturated carbocycles. The molecule has 4 aromatic rings. The van der Waals surface area contributed by atoms with Gasteiger partial charge in [-0.25, -0.2) is 0 Å². The molecule has 0 amide bonds. The number of methoxy groups -OCH3 is 2. The van der Waals surface area contributed by atoms with E-state index < -0.39 is 0 Å². The average molecular weight is 342 g/mol. The molecule has 0 aliphatic rings. The van der Waals surface area contributed by atoms with E-state index >= 15 is 0 Å². The van der Waals surface area contributed by atoms with Crippen molar-refractivity contribution in [1.29, 1.82) is 0 Å². The zero-order chi connectivity index (χ0) is 15.8. The molecule has 0 bridgehead atoms. The first-order valence-corrected chi connectivity index (χ1v) is 8.49. The summed E-state index contributed by atoms with van der Waals surface area (Å²) in [5.41, 5.74) is 1.83. The van der Waals surface area contributed by atoms with E-state index in [1.165, 1.54) is 22.7 Å². The normalized spacial score (nSPS) is 11.0. The summed E-state index contributed by atoms with van der Waals surface area (Å²) in [5, 5.41) is 5.95. The number of hydrogen-bond acceptors (Lipinski definition) is 6. The van der Waals surface area contributed by atoms with Gasteiger partial charge < -0.3 is 24.8 Å². The second-order valence-corrected chi connectivity index (χ2v) is 6.79. The maximum absolute atomic E-state index is 5.24. The predicted octanol–water partition coefficient (Wildman–Crippen LogP) is 5.26. The van der Waals surface area contributed by atoms with Crippen molar-refractivity contribution in [2.75, 3.05) is 14.2 Å². The van der Waals surface area contributed by atoms with Crippen molar-refractivity contribution >= 4 is 53.4 Å². The van der Waals surface area contributed by atoms with Crippen LogP contribution in [-0.4, -0.2) is 24.2 Å². The summed E-state index contributed by atoms with van der Waals surface area (Å²) in [6.45, 7) is 0. The Labute approximate surface area is 140 Å². The summed E-state index contributed by atoms with van der Waals surface area (Å²) in [7, 11) is 3.31. The Morgan fingerprint density at radius 3 is 1.70 bits per heavy atom. The lowest BCUT2D eigenvalue weighted by atomic mass is 10.3. The SMILES string of the molecule is COc1ccc2nc([N-]c3nc4ccc(OC)cc4s3)sc2c1. The third kappa shape index (κ3) is 2.69. The third-order valence-corrected chi connectivity index (χ3v) is 5.18. The van der Waals surface area contributed by atoms with Gasteiger partial charge in [0.1, 0.15) is 11.5 Å². The van der Waals surface area contributed by atoms with E-state index in [0.29, 0.717) is 10.3 Å². The molecule has 2 aromatic heterocycles. The largest absolute Gasteiger partial charge is 0.497 e. The van der Waals surface area contributed by atoms with Crippen LogP contribution in [0.15, 0.2) is 36.4 Å². The summed E-state index contributed by atoms with van der Waals surface area (Å²) in [5.74, 6) is 1.64. The molecule has 0 aliphatic heterocycles. The summed E-state index contributed by atoms with van der Waals surface area (Å²) in [6, 6.07) is 11.6. The smallest absolute Gasteiger partial charge is 0.120 e. The highest BCUT2D eigenvalue weighted by molar-refractivity contribution is 7.24. The van der Waals surface area contributed by atoms with E-state index in [0.717, 1.165) is 31.9 Å². The molecule has 0 radical (unpaired) electrons. The molecular formula is C16H12N3O2S2-. The maximum Gasteiger partial charge on any atom is 0.120 e. The van der Waals surface area contributed by atoms with Crippen LogP contribution in [0, 0.1) is 0 Å². The number of fused-ring (bicyclic) bond motifs is 2. The lowest BCUT2D eigenvalue weighted by molar-refractivity contribution is 0.415. The molecule has 116 valence electrons. The summed E-state index contributed by atoms with van der Waals surface area (Å²) < 4.78 is 12.6. The Balaban J connectivity index is 1.66. The van der Waals surface area contributed by atoms with Gasteiger partial charge in [0.05, 0.1) is 24.5 Å². The first-order valence-electron chi connectivity index (χ1n) is 6.86. The lowest BCUT2D eigenvalue weighted by Gasteiger charge is -2.02. The fourth-order valence-corrected chi connectivity index (χ4v) is 4.01. The Kier molecular flexibility index (Phi) is 3.51. The second kappa shape index (κ2) is 5.68. The van der Waals surface area contributed by atoms with Crippen LogP contribution < -0.4 is 9.47 Å². The molecule has 0 N–H and O–H groups in total. The molecule has 0 unspecified atom stereocenters. The number of thiazole rings is 2. The zero-order valence-electron chi connectivity index (χ0n) is 12.4. The van der Waals surface area contributed by atoms with Crippen LogP contribution in [0.1, 0.15) is 0 Å². The van der Waals surface area contributed by atoms with E-state index in [2.05, 4.69) is 15.3 Å². The van der Waals surface area contributed by atoms with Crippen LogP contribution in [0.3, 0.4) is 0 Å². The number of benzene rings is 2. The van der Waals surface area contributed by atoms with E-state index in [1.54, 1.807) is 14.2 Å². The zero-order valence-corrected chi connectivity index (χ0v) is 14.1. The minimum Gasteiger partial charge on any atom is -0.497 e. The van der Waals surface area contributed by atoms with Crippen molar-refractivity contribution in [2.24, 2.45) is 0 Å². The van der Waals surface area contributed by atoms with Crippen LogP contribution in [0.25, 0.3) is 25.8 Å². The van der Waals surface area contributed by atoms with Crippen LogP contribution >= 0.6 is 22.7 Å². The summed E-state index contributed by atoms with van der Waals surface area (Å²) in [6.07, 6.45) is 0. The van der Waals surface area contributed by atoms with Crippen molar-refractivity contribution < 1.29 is 9.47 Å². The van der Waals surface area contributed by atoms with Gasteiger partial charge in [0.15, 0.2) is 0 Å². The maximum atomic E-state index is 5.24. The molecule has 23 heavy (non-hydrogen) atoms. The monoisotopic (exact) mass is 342 g/mol. The Morgan fingerprint density at radius 1 is 0.783 bits per heavy atom. The van der Waals surface area contributed by atoms with Gasteiger partial charge in [-0.1, -0.05) is 0 Å². The fourth-order valence-electron chi connectivity index (χ4n) is 2.22. The quantitative estimate of drug-likeness (QED) is 0.507. The van der Waals surface area contributed by atoms with E-state index in [9.17, 15) is 0 Å². The first-order chi connectivity index (χ1) is 11.2. The Hall–Kier alpha value is -2.38. The highest BCUT2D eigenvalue weighted by Crippen LogP contribution is 2.41. The van der Waals surface area contributed by atoms with Crippen LogP contribution in [-0.2, 0) is 0 Å². The Bertz CT molecular complexity index is 913. The number of nitrogens with zero attached hydrogens (tertiary/aromatic N) is 3. The van der Waals surface area contributed by atoms with Crippen molar-refractivity contribution in [3.63, 3.8) is 0 Å². The topological polar surface area (TPSA) is 58.3 Å². The average Bonchev–Trinajstić information content (AvgIpc) is 3.15. The minimum atomic E-state index is 0.694. The molecule has 0 fully saturated rings. The molecule has 0 spiro atoms. The van der Waals surface area contributed by atoms with Gasteiger partial charge >= 0.3 is 0 Å². The van der Waals surface area contributed by atoms with Crippen molar-refractivity contribution in [2.45, 2.75) is 0 Å². The molecule has 0 aliphatic carbocycles. The van der Waals surface area contributed by atoms with E-state index in [4.69, 9.17) is 9.47 Å². The molecule has 7 heteroatoms. The number of rotatable bonds is 4. The highest BCUT2D eigenvalue weighted by Gasteiger charge is 2.03. The van der Waals surface area contributed by atoms with E-state index in [-0.39, 0.29) is 0 Å². The molecule has 0 saturated heterocycles. The standard InChI is InChI=1S/C16H12N3O2S2/c1-20-9-3-5-11-13(7-9)22-15(17-11)19-16-18-12-6-4-10(21-2)8-14(12)23-16/h3-8H,1-2H3/q-1. The van der Waals surface area contributed by atoms with Gasteiger partial charge in [-0.05, 0) is 36.4 Å². The van der Waals surface area contributed by atoms with Crippen molar-refractivity contribution in [1.82, 2.24) is 9.97 Å². The summed E-state index contributed by atoms with van der Waals surface area (Å²) >= 11 is 3.05. The molecule has 2 aromatic carbocycles. The summed E-state index contributed by atoms with van der Waals surface area (Å²) in [4.78, 5) is 9.05. The molecule has 0 atom stereocenters. The number of ether oxygens (including phenoxy) is 2. The lowest BCUT2D eigenvalue weighted by Crippen LogP contribution is -1.80. The van der Waals surface area contributed by atoms with Crippen LogP contribution in [0.2, 0.25) is 0 Å². The predicted molar refractivity (Wildman–Crippen MR) is 95.0 cm³/mol. The molecular weight excluding hydrogens is 330 g/mol. The minimum absolute atomic E-state index is 0.694. The number of hydrogen-bond donors (Lipinski definition) is 0. The molecule has 4 rings (SSSR count). The van der Waals surface area contributed by atoms with Gasteiger partial charge in [-0.3, -0.25) is 0 Å². The van der Waals surface area contributed by atoms with Gasteiger partial charge in [-0.15, -0.1) is 22.7 Å². The molecule has 2 heterocycles. The third-order valence-electron chi connectivity index (χ3n) is 3.36. The second-order valence-electron chi connectivity index (χ2n) is 4.77. The van der Waals surface area contributed by atoms with Gasteiger partial charge in [-0.2, -0.15) is 0 Å². The van der Waals surface area contributed by atoms with Crippen LogP contribution in [0.4, 0.5) is 10.3 Å². The van der Waals surface area contributed by atoms with Crippen LogP contribution in [0.5, 0.6) is 11.5 Å². The number of aromatic nitrogens is 2. The van der Waals surface area contributed by atoms with Gasteiger partial charge in [0, 0.05) is 20.4 Å². The van der Waals surface area contributed by atoms with Gasteiger partial charge in [0.25, 0.3) is 0 Å². The van der Waals surface area contributed by atoms with Crippen molar-refractivity contribution in [3.8, 4) is 11.5 Å². The van der Waals surface area contributed by atoms with Crippen molar-refractivity contribution in [3.05, 3.63) is 41.7 Å². The first kappa shape index (κ1) is 14.2. The van der Waals surface area contributed by atoms with E-state index in [1.807, 2.05) is 36.4 Å². The Morgan fingerprint density at radius 2 is 1.26 bits per heavy atom. The fraction of sp³-hybridized carbons (Fsp3) is 0.125. The van der Waals surface area contributed by atoms with Gasteiger partial charge in [0.2, 0.25) is 0 Å². The highest BCUT2D eigenvalue weighted by atomic mass is 32.1.